The smallest absolute Gasteiger partial charge is 0.338 e. The zero-order valence-electron chi connectivity index (χ0n) is 11.2. The van der Waals surface area contributed by atoms with E-state index in [2.05, 4.69) is 15.3 Å². The zero-order chi connectivity index (χ0) is 15.2. The van der Waals surface area contributed by atoms with Crippen LogP contribution in [-0.2, 0) is 4.74 Å². The van der Waals surface area contributed by atoms with Crippen LogP contribution in [0.5, 0.6) is 0 Å². The third-order valence-electron chi connectivity index (χ3n) is 2.48. The number of carbonyl (C=O) groups excluding carboxylic acids is 2. The van der Waals surface area contributed by atoms with Crippen molar-refractivity contribution in [2.45, 2.75) is 6.92 Å². The Morgan fingerprint density at radius 2 is 2.10 bits per heavy atom. The Labute approximate surface area is 126 Å². The van der Waals surface area contributed by atoms with E-state index in [0.717, 1.165) is 0 Å². The molecule has 2 aromatic rings. The lowest BCUT2D eigenvalue weighted by Crippen LogP contribution is -2.14. The van der Waals surface area contributed by atoms with Crippen molar-refractivity contribution in [3.8, 4) is 0 Å². The monoisotopic (exact) mass is 305 g/mol. The summed E-state index contributed by atoms with van der Waals surface area (Å²) < 4.78 is 4.90. The Morgan fingerprint density at radius 1 is 1.29 bits per heavy atom. The standard InChI is InChI=1S/C14H12ClN3O3/c1-2-21-14(20)9-4-3-5-10(6-9)18-13(19)11-7-17-12(15)8-16-11/h3-8H,2H2,1H3,(H,18,19). The van der Waals surface area contributed by atoms with Crippen LogP contribution in [0.3, 0.4) is 0 Å². The maximum Gasteiger partial charge on any atom is 0.338 e. The van der Waals surface area contributed by atoms with E-state index in [1.807, 2.05) is 0 Å². The number of nitrogens with one attached hydrogen (secondary N) is 1. The fraction of sp³-hybridized carbons (Fsp3) is 0.143. The molecule has 6 nitrogen and oxygen atoms in total. The van der Waals surface area contributed by atoms with Gasteiger partial charge >= 0.3 is 5.97 Å². The lowest BCUT2D eigenvalue weighted by molar-refractivity contribution is 0.0526. The zero-order valence-corrected chi connectivity index (χ0v) is 11.9. The first-order valence-corrected chi connectivity index (χ1v) is 6.54. The summed E-state index contributed by atoms with van der Waals surface area (Å²) in [7, 11) is 0. The summed E-state index contributed by atoms with van der Waals surface area (Å²) in [6.45, 7) is 2.01. The molecule has 0 aliphatic rings. The molecule has 1 amide bonds. The van der Waals surface area contributed by atoms with Crippen molar-refractivity contribution in [2.24, 2.45) is 0 Å². The highest BCUT2D eigenvalue weighted by Gasteiger charge is 2.11. The van der Waals surface area contributed by atoms with E-state index in [-0.39, 0.29) is 17.5 Å². The van der Waals surface area contributed by atoms with Crippen molar-refractivity contribution in [3.63, 3.8) is 0 Å². The van der Waals surface area contributed by atoms with Crippen LogP contribution in [-0.4, -0.2) is 28.5 Å². The largest absolute Gasteiger partial charge is 0.462 e. The summed E-state index contributed by atoms with van der Waals surface area (Å²) in [4.78, 5) is 31.2. The minimum Gasteiger partial charge on any atom is -0.462 e. The second kappa shape index (κ2) is 6.81. The molecule has 0 aliphatic carbocycles. The third-order valence-corrected chi connectivity index (χ3v) is 2.68. The van der Waals surface area contributed by atoms with Crippen molar-refractivity contribution in [1.82, 2.24) is 9.97 Å². The van der Waals surface area contributed by atoms with Gasteiger partial charge in [-0.2, -0.15) is 0 Å². The van der Waals surface area contributed by atoms with Gasteiger partial charge in [0.15, 0.2) is 0 Å². The van der Waals surface area contributed by atoms with Crippen molar-refractivity contribution >= 4 is 29.2 Å². The summed E-state index contributed by atoms with van der Waals surface area (Å²) in [5, 5.41) is 2.83. The molecule has 0 atom stereocenters. The number of benzene rings is 1. The maximum absolute atomic E-state index is 12.0. The minimum atomic E-state index is -0.445. The quantitative estimate of drug-likeness (QED) is 0.878. The number of ether oxygens (including phenoxy) is 1. The van der Waals surface area contributed by atoms with Crippen LogP contribution in [0, 0.1) is 0 Å². The molecule has 0 radical (unpaired) electrons. The molecule has 0 saturated heterocycles. The normalized spacial score (nSPS) is 10.0. The number of nitrogens with zero attached hydrogens (tertiary/aromatic N) is 2. The predicted molar refractivity (Wildman–Crippen MR) is 77.4 cm³/mol. The summed E-state index contributed by atoms with van der Waals surface area (Å²) in [6, 6.07) is 6.44. The fourth-order valence-electron chi connectivity index (χ4n) is 1.56. The van der Waals surface area contributed by atoms with E-state index in [9.17, 15) is 9.59 Å². The van der Waals surface area contributed by atoms with Gasteiger partial charge in [-0.05, 0) is 25.1 Å². The molecule has 0 saturated carbocycles. The number of amides is 1. The van der Waals surface area contributed by atoms with Crippen LogP contribution in [0.2, 0.25) is 5.15 Å². The highest BCUT2D eigenvalue weighted by molar-refractivity contribution is 6.29. The van der Waals surface area contributed by atoms with Gasteiger partial charge in [0.1, 0.15) is 10.8 Å². The molecule has 1 heterocycles. The first-order chi connectivity index (χ1) is 10.1. The molecule has 108 valence electrons. The topological polar surface area (TPSA) is 81.2 Å². The molecule has 0 fully saturated rings. The number of halogens is 1. The van der Waals surface area contributed by atoms with Gasteiger partial charge in [-0.15, -0.1) is 0 Å². The molecule has 1 aromatic carbocycles. The van der Waals surface area contributed by atoms with Crippen LogP contribution in [0.25, 0.3) is 0 Å². The summed E-state index contributed by atoms with van der Waals surface area (Å²) in [5.74, 6) is -0.889. The number of esters is 1. The molecule has 0 unspecified atom stereocenters. The van der Waals surface area contributed by atoms with Crippen LogP contribution in [0.1, 0.15) is 27.8 Å². The summed E-state index contributed by atoms with van der Waals surface area (Å²) in [5.41, 5.74) is 0.945. The molecular formula is C14H12ClN3O3. The van der Waals surface area contributed by atoms with Gasteiger partial charge < -0.3 is 10.1 Å². The van der Waals surface area contributed by atoms with Crippen LogP contribution in [0.4, 0.5) is 5.69 Å². The first kappa shape index (κ1) is 14.9. The number of rotatable bonds is 4. The van der Waals surface area contributed by atoms with Crippen LogP contribution in [0.15, 0.2) is 36.7 Å². The van der Waals surface area contributed by atoms with Gasteiger partial charge in [-0.1, -0.05) is 17.7 Å². The molecule has 0 aliphatic heterocycles. The van der Waals surface area contributed by atoms with Crippen molar-refractivity contribution in [3.05, 3.63) is 53.1 Å². The Bertz CT molecular complexity index is 659. The van der Waals surface area contributed by atoms with E-state index < -0.39 is 11.9 Å². The molecular weight excluding hydrogens is 294 g/mol. The minimum absolute atomic E-state index is 0.126. The van der Waals surface area contributed by atoms with E-state index in [0.29, 0.717) is 11.3 Å². The highest BCUT2D eigenvalue weighted by Crippen LogP contribution is 2.13. The Kier molecular flexibility index (Phi) is 4.84. The molecule has 7 heteroatoms. The average Bonchev–Trinajstić information content (AvgIpc) is 2.48. The second-order valence-electron chi connectivity index (χ2n) is 3.98. The second-order valence-corrected chi connectivity index (χ2v) is 4.37. The van der Waals surface area contributed by atoms with E-state index >= 15 is 0 Å². The first-order valence-electron chi connectivity index (χ1n) is 6.16. The van der Waals surface area contributed by atoms with Gasteiger partial charge in [0.25, 0.3) is 5.91 Å². The number of aromatic nitrogens is 2. The predicted octanol–water partition coefficient (Wildman–Crippen LogP) is 2.56. The van der Waals surface area contributed by atoms with E-state index in [1.165, 1.54) is 18.5 Å². The van der Waals surface area contributed by atoms with E-state index in [1.54, 1.807) is 25.1 Å². The lowest BCUT2D eigenvalue weighted by Gasteiger charge is -2.06. The fourth-order valence-corrected chi connectivity index (χ4v) is 1.66. The molecule has 0 bridgehead atoms. The Morgan fingerprint density at radius 3 is 2.76 bits per heavy atom. The molecule has 1 N–H and O–H groups in total. The maximum atomic E-state index is 12.0. The third kappa shape index (κ3) is 4.00. The lowest BCUT2D eigenvalue weighted by atomic mass is 10.2. The molecule has 21 heavy (non-hydrogen) atoms. The Balaban J connectivity index is 2.12. The van der Waals surface area contributed by atoms with Crippen LogP contribution < -0.4 is 5.32 Å². The highest BCUT2D eigenvalue weighted by atomic mass is 35.5. The van der Waals surface area contributed by atoms with Crippen molar-refractivity contribution < 1.29 is 14.3 Å². The number of anilines is 1. The van der Waals surface area contributed by atoms with Gasteiger partial charge in [-0.3, -0.25) is 4.79 Å². The van der Waals surface area contributed by atoms with Crippen LogP contribution >= 0.6 is 11.6 Å². The number of hydrogen-bond acceptors (Lipinski definition) is 5. The Hall–Kier alpha value is -2.47. The SMILES string of the molecule is CCOC(=O)c1cccc(NC(=O)c2cnc(Cl)cn2)c1. The molecule has 0 spiro atoms. The summed E-state index contributed by atoms with van der Waals surface area (Å²) >= 11 is 5.61. The van der Waals surface area contributed by atoms with Crippen molar-refractivity contribution in [1.29, 1.82) is 0 Å². The van der Waals surface area contributed by atoms with Gasteiger partial charge in [0, 0.05) is 5.69 Å². The van der Waals surface area contributed by atoms with E-state index in [4.69, 9.17) is 16.3 Å². The van der Waals surface area contributed by atoms with Crippen molar-refractivity contribution in [2.75, 3.05) is 11.9 Å². The van der Waals surface area contributed by atoms with Gasteiger partial charge in [0.2, 0.25) is 0 Å². The average molecular weight is 306 g/mol. The number of hydrogen-bond donors (Lipinski definition) is 1. The van der Waals surface area contributed by atoms with Gasteiger partial charge in [-0.25, -0.2) is 14.8 Å². The molecule has 2 rings (SSSR count). The summed E-state index contributed by atoms with van der Waals surface area (Å²) in [6.07, 6.45) is 2.55. The molecule has 1 aromatic heterocycles. The number of carbonyl (C=O) groups is 2. The van der Waals surface area contributed by atoms with Gasteiger partial charge in [0.05, 0.1) is 24.6 Å².